The molecule has 0 saturated heterocycles. The summed E-state index contributed by atoms with van der Waals surface area (Å²) in [5, 5.41) is 0. The summed E-state index contributed by atoms with van der Waals surface area (Å²) in [5.74, 6) is 2.63. The second-order valence-electron chi connectivity index (χ2n) is 3.42. The van der Waals surface area contributed by atoms with Gasteiger partial charge in [-0.25, -0.2) is 0 Å². The van der Waals surface area contributed by atoms with E-state index >= 15 is 0 Å². The molecule has 14 heavy (non-hydrogen) atoms. The van der Waals surface area contributed by atoms with E-state index in [1.54, 1.807) is 0 Å². The van der Waals surface area contributed by atoms with Crippen LogP contribution in [0.4, 0.5) is 0 Å². The fourth-order valence-electron chi connectivity index (χ4n) is 1.27. The summed E-state index contributed by atoms with van der Waals surface area (Å²) in [4.78, 5) is 0. The summed E-state index contributed by atoms with van der Waals surface area (Å²) >= 11 is 0. The van der Waals surface area contributed by atoms with Gasteiger partial charge in [-0.15, -0.1) is 12.3 Å². The summed E-state index contributed by atoms with van der Waals surface area (Å²) in [6.45, 7) is 2.08. The molecule has 0 aliphatic carbocycles. The highest BCUT2D eigenvalue weighted by atomic mass is 13.9. The predicted molar refractivity (Wildman–Crippen MR) is 65.1 cm³/mol. The Labute approximate surface area is 89.1 Å². The lowest BCUT2D eigenvalue weighted by Crippen LogP contribution is -1.74. The van der Waals surface area contributed by atoms with Gasteiger partial charge in [-0.1, -0.05) is 30.7 Å². The summed E-state index contributed by atoms with van der Waals surface area (Å²) < 4.78 is 0. The molecule has 0 fully saturated rings. The molecule has 0 heterocycles. The first-order chi connectivity index (χ1) is 6.91. The van der Waals surface area contributed by atoms with Crippen LogP contribution < -0.4 is 0 Å². The zero-order valence-electron chi connectivity index (χ0n) is 9.34. The van der Waals surface area contributed by atoms with E-state index in [-0.39, 0.29) is 0 Å². The van der Waals surface area contributed by atoms with Gasteiger partial charge in [0.05, 0.1) is 0 Å². The van der Waals surface area contributed by atoms with E-state index in [1.807, 2.05) is 0 Å². The molecule has 0 aromatic carbocycles. The predicted octanol–water partition coefficient (Wildman–Crippen LogP) is 4.48. The van der Waals surface area contributed by atoms with Crippen molar-refractivity contribution in [2.75, 3.05) is 0 Å². The molecule has 0 aromatic heterocycles. The molecule has 0 radical (unpaired) electrons. The van der Waals surface area contributed by atoms with E-state index in [4.69, 9.17) is 6.42 Å². The molecular weight excluding hydrogens is 168 g/mol. The SMILES string of the molecule is C#CCC/C=C/CCCCC/C=C/C. The van der Waals surface area contributed by atoms with Crippen LogP contribution in [0.2, 0.25) is 0 Å². The maximum atomic E-state index is 5.15. The van der Waals surface area contributed by atoms with Gasteiger partial charge in [-0.3, -0.25) is 0 Å². The number of allylic oxidation sites excluding steroid dienone is 4. The monoisotopic (exact) mass is 190 g/mol. The van der Waals surface area contributed by atoms with E-state index in [1.165, 1.54) is 32.1 Å². The first-order valence-corrected chi connectivity index (χ1v) is 5.61. The highest BCUT2D eigenvalue weighted by Crippen LogP contribution is 2.04. The van der Waals surface area contributed by atoms with Crippen molar-refractivity contribution in [1.29, 1.82) is 0 Å². The molecular formula is C14H22. The Morgan fingerprint density at radius 2 is 1.57 bits per heavy atom. The van der Waals surface area contributed by atoms with Crippen LogP contribution in [0.5, 0.6) is 0 Å². The zero-order valence-corrected chi connectivity index (χ0v) is 9.34. The lowest BCUT2D eigenvalue weighted by molar-refractivity contribution is 0.695. The molecule has 0 rings (SSSR count). The Morgan fingerprint density at radius 3 is 2.21 bits per heavy atom. The van der Waals surface area contributed by atoms with E-state index in [2.05, 4.69) is 37.1 Å². The van der Waals surface area contributed by atoms with Gasteiger partial charge in [0.15, 0.2) is 0 Å². The minimum Gasteiger partial charge on any atom is -0.120 e. The lowest BCUT2D eigenvalue weighted by atomic mass is 10.1. The Kier molecular flexibility index (Phi) is 11.2. The highest BCUT2D eigenvalue weighted by molar-refractivity contribution is 4.90. The lowest BCUT2D eigenvalue weighted by Gasteiger charge is -1.94. The maximum Gasteiger partial charge on any atom is 0.0121 e. The normalized spacial score (nSPS) is 11.1. The summed E-state index contributed by atoms with van der Waals surface area (Å²) in [5.41, 5.74) is 0. The van der Waals surface area contributed by atoms with Crippen molar-refractivity contribution in [1.82, 2.24) is 0 Å². The van der Waals surface area contributed by atoms with Crippen molar-refractivity contribution < 1.29 is 0 Å². The van der Waals surface area contributed by atoms with Gasteiger partial charge < -0.3 is 0 Å². The third kappa shape index (κ3) is 11.0. The molecule has 0 aliphatic rings. The molecule has 0 heteroatoms. The second-order valence-corrected chi connectivity index (χ2v) is 3.42. The molecule has 0 spiro atoms. The van der Waals surface area contributed by atoms with Crippen molar-refractivity contribution in [3.05, 3.63) is 24.3 Å². The van der Waals surface area contributed by atoms with Crippen LogP contribution in [0.3, 0.4) is 0 Å². The number of terminal acetylenes is 1. The van der Waals surface area contributed by atoms with Crippen LogP contribution >= 0.6 is 0 Å². The van der Waals surface area contributed by atoms with Crippen LogP contribution in [-0.2, 0) is 0 Å². The zero-order chi connectivity index (χ0) is 10.5. The van der Waals surface area contributed by atoms with Gasteiger partial charge in [-0.2, -0.15) is 0 Å². The molecule has 0 amide bonds. The summed E-state index contributed by atoms with van der Waals surface area (Å²) in [7, 11) is 0. The van der Waals surface area contributed by atoms with Crippen LogP contribution in [0.15, 0.2) is 24.3 Å². The number of hydrogen-bond acceptors (Lipinski definition) is 0. The average Bonchev–Trinajstić information content (AvgIpc) is 2.21. The van der Waals surface area contributed by atoms with Gasteiger partial charge in [0.1, 0.15) is 0 Å². The number of hydrogen-bond donors (Lipinski definition) is 0. The quantitative estimate of drug-likeness (QED) is 0.301. The molecule has 0 atom stereocenters. The number of unbranched alkanes of at least 4 members (excludes halogenated alkanes) is 5. The third-order valence-corrected chi connectivity index (χ3v) is 2.10. The van der Waals surface area contributed by atoms with Gasteiger partial charge >= 0.3 is 0 Å². The van der Waals surface area contributed by atoms with E-state index in [0.717, 1.165) is 12.8 Å². The Bertz CT molecular complexity index is 191. The molecule has 0 saturated carbocycles. The van der Waals surface area contributed by atoms with Crippen molar-refractivity contribution in [2.45, 2.75) is 51.9 Å². The van der Waals surface area contributed by atoms with Crippen LogP contribution in [0, 0.1) is 12.3 Å². The van der Waals surface area contributed by atoms with Gasteiger partial charge in [0, 0.05) is 6.42 Å². The standard InChI is InChI=1S/C14H22/c1-3-5-7-9-11-13-14-12-10-8-6-4-2/h1,4,6,9,11H,5,7-8,10,12-14H2,2H3/b6-4+,11-9+. The fourth-order valence-corrected chi connectivity index (χ4v) is 1.27. The first-order valence-electron chi connectivity index (χ1n) is 5.61. The summed E-state index contributed by atoms with van der Waals surface area (Å²) in [6.07, 6.45) is 22.3. The Balaban J connectivity index is 3.06. The van der Waals surface area contributed by atoms with Crippen molar-refractivity contribution in [3.63, 3.8) is 0 Å². The molecule has 0 aliphatic heterocycles. The Hall–Kier alpha value is -0.960. The second kappa shape index (κ2) is 12.0. The first kappa shape index (κ1) is 13.0. The molecule has 0 N–H and O–H groups in total. The molecule has 0 nitrogen and oxygen atoms in total. The fraction of sp³-hybridized carbons (Fsp3) is 0.571. The largest absolute Gasteiger partial charge is 0.120 e. The maximum absolute atomic E-state index is 5.15. The topological polar surface area (TPSA) is 0 Å². The van der Waals surface area contributed by atoms with Crippen molar-refractivity contribution in [3.8, 4) is 12.3 Å². The molecule has 0 unspecified atom stereocenters. The molecule has 0 aromatic rings. The minimum atomic E-state index is 0.873. The van der Waals surface area contributed by atoms with Crippen LogP contribution in [-0.4, -0.2) is 0 Å². The van der Waals surface area contributed by atoms with E-state index in [9.17, 15) is 0 Å². The van der Waals surface area contributed by atoms with E-state index < -0.39 is 0 Å². The van der Waals surface area contributed by atoms with E-state index in [0.29, 0.717) is 0 Å². The van der Waals surface area contributed by atoms with Crippen LogP contribution in [0.1, 0.15) is 51.9 Å². The van der Waals surface area contributed by atoms with Crippen molar-refractivity contribution in [2.24, 2.45) is 0 Å². The third-order valence-electron chi connectivity index (χ3n) is 2.10. The highest BCUT2D eigenvalue weighted by Gasteiger charge is 1.85. The van der Waals surface area contributed by atoms with Crippen molar-refractivity contribution >= 4 is 0 Å². The average molecular weight is 190 g/mol. The van der Waals surface area contributed by atoms with Gasteiger partial charge in [0.2, 0.25) is 0 Å². The Morgan fingerprint density at radius 1 is 0.929 bits per heavy atom. The molecule has 78 valence electrons. The number of rotatable bonds is 8. The van der Waals surface area contributed by atoms with Gasteiger partial charge in [0.25, 0.3) is 0 Å². The van der Waals surface area contributed by atoms with Gasteiger partial charge in [-0.05, 0) is 39.0 Å². The van der Waals surface area contributed by atoms with Crippen LogP contribution in [0.25, 0.3) is 0 Å². The summed E-state index contributed by atoms with van der Waals surface area (Å²) in [6, 6.07) is 0. The minimum absolute atomic E-state index is 0.873. The smallest absolute Gasteiger partial charge is 0.0121 e. The molecule has 0 bridgehead atoms.